The molecule has 10 heteroatoms. The SMILES string of the molecule is O=C(N/N=C/c1c(OCc2ccccc2)ccc2ccccc12)C(=O)Nc1ccc(Cl)c(C(F)(F)F)c1. The van der Waals surface area contributed by atoms with Crippen LogP contribution in [0.5, 0.6) is 5.75 Å². The van der Waals surface area contributed by atoms with Gasteiger partial charge in [0.25, 0.3) is 0 Å². The Morgan fingerprint density at radius 3 is 2.41 bits per heavy atom. The fourth-order valence-electron chi connectivity index (χ4n) is 3.48. The van der Waals surface area contributed by atoms with Crippen LogP contribution in [-0.2, 0) is 22.4 Å². The van der Waals surface area contributed by atoms with Crippen LogP contribution in [0.4, 0.5) is 18.9 Å². The second-order valence-electron chi connectivity index (χ2n) is 7.82. The normalized spacial score (nSPS) is 11.5. The van der Waals surface area contributed by atoms with Crippen LogP contribution in [0.15, 0.2) is 90.0 Å². The monoisotopic (exact) mass is 525 g/mol. The van der Waals surface area contributed by atoms with E-state index in [9.17, 15) is 22.8 Å². The molecule has 37 heavy (non-hydrogen) atoms. The van der Waals surface area contributed by atoms with Gasteiger partial charge in [-0.1, -0.05) is 72.3 Å². The van der Waals surface area contributed by atoms with Crippen molar-refractivity contribution in [3.8, 4) is 5.75 Å². The molecule has 0 aliphatic carbocycles. The summed E-state index contributed by atoms with van der Waals surface area (Å²) in [5.41, 5.74) is 2.24. The number of halogens is 4. The Labute approximate surface area is 214 Å². The standard InChI is InChI=1S/C27H19ClF3N3O3/c28-23-12-11-19(14-22(23)27(29,30)31)33-25(35)26(36)34-32-15-21-20-9-5-4-8-18(20)10-13-24(21)37-16-17-6-2-1-3-7-17/h1-15H,16H2,(H,33,35)(H,34,36)/b32-15+. The number of benzene rings is 4. The number of rotatable bonds is 6. The molecule has 0 unspecified atom stereocenters. The van der Waals surface area contributed by atoms with Crippen molar-refractivity contribution < 1.29 is 27.5 Å². The number of hydrogen-bond donors (Lipinski definition) is 2. The third kappa shape index (κ3) is 6.45. The topological polar surface area (TPSA) is 79.8 Å². The van der Waals surface area contributed by atoms with Gasteiger partial charge in [-0.25, -0.2) is 5.43 Å². The molecule has 0 bridgehead atoms. The molecule has 188 valence electrons. The van der Waals surface area contributed by atoms with Gasteiger partial charge in [0.05, 0.1) is 16.8 Å². The number of carbonyl (C=O) groups excluding carboxylic acids is 2. The highest BCUT2D eigenvalue weighted by atomic mass is 35.5. The summed E-state index contributed by atoms with van der Waals surface area (Å²) in [4.78, 5) is 24.4. The Hall–Kier alpha value is -4.37. The van der Waals surface area contributed by atoms with Crippen LogP contribution in [-0.4, -0.2) is 18.0 Å². The highest BCUT2D eigenvalue weighted by molar-refractivity contribution is 6.39. The first kappa shape index (κ1) is 25.7. The molecule has 0 aromatic heterocycles. The number of amides is 2. The average Bonchev–Trinajstić information content (AvgIpc) is 2.89. The number of ether oxygens (including phenoxy) is 1. The first-order chi connectivity index (χ1) is 17.7. The predicted octanol–water partition coefficient (Wildman–Crippen LogP) is 6.18. The third-order valence-corrected chi connectivity index (χ3v) is 5.59. The van der Waals surface area contributed by atoms with Gasteiger partial charge >= 0.3 is 18.0 Å². The van der Waals surface area contributed by atoms with Crippen LogP contribution in [0, 0.1) is 0 Å². The van der Waals surface area contributed by atoms with E-state index in [-0.39, 0.29) is 5.69 Å². The summed E-state index contributed by atoms with van der Waals surface area (Å²) >= 11 is 5.58. The van der Waals surface area contributed by atoms with E-state index < -0.39 is 28.6 Å². The minimum Gasteiger partial charge on any atom is -0.488 e. The van der Waals surface area contributed by atoms with Gasteiger partial charge in [0.2, 0.25) is 0 Å². The number of hydrogen-bond acceptors (Lipinski definition) is 4. The molecule has 0 fully saturated rings. The molecule has 0 aliphatic rings. The molecule has 0 spiro atoms. The molecule has 2 N–H and O–H groups in total. The third-order valence-electron chi connectivity index (χ3n) is 5.26. The lowest BCUT2D eigenvalue weighted by Crippen LogP contribution is -2.32. The molecule has 6 nitrogen and oxygen atoms in total. The predicted molar refractivity (Wildman–Crippen MR) is 136 cm³/mol. The van der Waals surface area contributed by atoms with Gasteiger partial charge in [-0.05, 0) is 40.6 Å². The van der Waals surface area contributed by atoms with Gasteiger partial charge in [-0.15, -0.1) is 0 Å². The summed E-state index contributed by atoms with van der Waals surface area (Å²) in [5, 5.41) is 7.16. The maximum absolute atomic E-state index is 13.0. The number of fused-ring (bicyclic) bond motifs is 1. The summed E-state index contributed by atoms with van der Waals surface area (Å²) in [5.74, 6) is -1.87. The Morgan fingerprint density at radius 2 is 1.65 bits per heavy atom. The number of carbonyl (C=O) groups is 2. The van der Waals surface area contributed by atoms with Crippen molar-refractivity contribution in [2.24, 2.45) is 5.10 Å². The highest BCUT2D eigenvalue weighted by Gasteiger charge is 2.33. The second-order valence-corrected chi connectivity index (χ2v) is 8.23. The molecule has 4 aromatic rings. The largest absolute Gasteiger partial charge is 0.488 e. The molecular formula is C27H19ClF3N3O3. The van der Waals surface area contributed by atoms with Crippen molar-refractivity contribution in [3.05, 3.63) is 107 Å². The van der Waals surface area contributed by atoms with E-state index in [4.69, 9.17) is 16.3 Å². The Bertz CT molecular complexity index is 1470. The van der Waals surface area contributed by atoms with Crippen LogP contribution >= 0.6 is 11.6 Å². The zero-order chi connectivity index (χ0) is 26.4. The van der Waals surface area contributed by atoms with Gasteiger partial charge in [-0.2, -0.15) is 18.3 Å². The van der Waals surface area contributed by atoms with Crippen LogP contribution in [0.3, 0.4) is 0 Å². The summed E-state index contributed by atoms with van der Waals surface area (Å²) in [6, 6.07) is 23.5. The van der Waals surface area contributed by atoms with E-state index in [1.54, 1.807) is 6.07 Å². The van der Waals surface area contributed by atoms with Crippen molar-refractivity contribution >= 4 is 46.1 Å². The Balaban J connectivity index is 1.48. The maximum atomic E-state index is 13.0. The molecular weight excluding hydrogens is 507 g/mol. The fraction of sp³-hybridized carbons (Fsp3) is 0.0741. The minimum absolute atomic E-state index is 0.244. The zero-order valence-electron chi connectivity index (χ0n) is 19.1. The number of nitrogens with zero attached hydrogens (tertiary/aromatic N) is 1. The highest BCUT2D eigenvalue weighted by Crippen LogP contribution is 2.36. The van der Waals surface area contributed by atoms with Crippen molar-refractivity contribution in [2.75, 3.05) is 5.32 Å². The van der Waals surface area contributed by atoms with E-state index in [0.29, 0.717) is 24.0 Å². The van der Waals surface area contributed by atoms with Crippen molar-refractivity contribution in [2.45, 2.75) is 12.8 Å². The lowest BCUT2D eigenvalue weighted by Gasteiger charge is -2.12. The minimum atomic E-state index is -4.72. The van der Waals surface area contributed by atoms with Gasteiger partial charge < -0.3 is 10.1 Å². The van der Waals surface area contributed by atoms with Gasteiger partial charge in [0.1, 0.15) is 12.4 Å². The summed E-state index contributed by atoms with van der Waals surface area (Å²) < 4.78 is 45.1. The second kappa shape index (κ2) is 11.1. The van der Waals surface area contributed by atoms with Gasteiger partial charge in [0.15, 0.2) is 0 Å². The molecule has 0 saturated carbocycles. The number of alkyl halides is 3. The zero-order valence-corrected chi connectivity index (χ0v) is 19.8. The van der Waals surface area contributed by atoms with Gasteiger partial charge in [-0.3, -0.25) is 9.59 Å². The van der Waals surface area contributed by atoms with Crippen LogP contribution in [0.2, 0.25) is 5.02 Å². The lowest BCUT2D eigenvalue weighted by molar-refractivity contribution is -0.137. The molecule has 4 aromatic carbocycles. The number of hydrazone groups is 1. The Kier molecular flexibility index (Phi) is 7.74. The van der Waals surface area contributed by atoms with E-state index >= 15 is 0 Å². The van der Waals surface area contributed by atoms with E-state index in [1.807, 2.05) is 60.7 Å². The van der Waals surface area contributed by atoms with Gasteiger partial charge in [0, 0.05) is 11.3 Å². The van der Waals surface area contributed by atoms with Crippen LogP contribution in [0.1, 0.15) is 16.7 Å². The van der Waals surface area contributed by atoms with Crippen LogP contribution in [0.25, 0.3) is 10.8 Å². The molecule has 0 atom stereocenters. The number of anilines is 1. The van der Waals surface area contributed by atoms with E-state index in [1.165, 1.54) is 6.21 Å². The quantitative estimate of drug-likeness (QED) is 0.179. The van der Waals surface area contributed by atoms with Crippen LogP contribution < -0.4 is 15.5 Å². The molecule has 0 radical (unpaired) electrons. The van der Waals surface area contributed by atoms with E-state index in [2.05, 4.69) is 15.8 Å². The first-order valence-corrected chi connectivity index (χ1v) is 11.3. The molecule has 0 aliphatic heterocycles. The summed E-state index contributed by atoms with van der Waals surface area (Å²) in [6.07, 6.45) is -3.37. The maximum Gasteiger partial charge on any atom is 0.417 e. The summed E-state index contributed by atoms with van der Waals surface area (Å²) in [6.45, 7) is 0.301. The van der Waals surface area contributed by atoms with Crippen molar-refractivity contribution in [1.82, 2.24) is 5.43 Å². The van der Waals surface area contributed by atoms with Crippen molar-refractivity contribution in [1.29, 1.82) is 0 Å². The average molecular weight is 526 g/mol. The smallest absolute Gasteiger partial charge is 0.417 e. The molecule has 2 amide bonds. The molecule has 0 heterocycles. The molecule has 4 rings (SSSR count). The molecule has 0 saturated heterocycles. The fourth-order valence-corrected chi connectivity index (χ4v) is 3.71. The Morgan fingerprint density at radius 1 is 0.919 bits per heavy atom. The van der Waals surface area contributed by atoms with E-state index in [0.717, 1.165) is 28.5 Å². The number of nitrogens with one attached hydrogen (secondary N) is 2. The summed E-state index contributed by atoms with van der Waals surface area (Å²) in [7, 11) is 0. The lowest BCUT2D eigenvalue weighted by atomic mass is 10.0. The first-order valence-electron chi connectivity index (χ1n) is 10.9. The van der Waals surface area contributed by atoms with Crippen molar-refractivity contribution in [3.63, 3.8) is 0 Å².